The SMILES string of the molecule is Cc1cc(N2CCOCC2)ccc1NC(=O)c1ccccc1CSc1nc2ccccc2o1. The molecule has 1 amide bonds. The number of para-hydroxylation sites is 2. The number of amides is 1. The van der Waals surface area contributed by atoms with Crippen LogP contribution in [0.4, 0.5) is 11.4 Å². The van der Waals surface area contributed by atoms with Crippen LogP contribution < -0.4 is 10.2 Å². The third kappa shape index (κ3) is 4.89. The van der Waals surface area contributed by atoms with Crippen LogP contribution >= 0.6 is 11.8 Å². The van der Waals surface area contributed by atoms with E-state index in [2.05, 4.69) is 27.3 Å². The van der Waals surface area contributed by atoms with Crippen LogP contribution in [0.5, 0.6) is 0 Å². The Kier molecular flexibility index (Phi) is 6.32. The number of nitrogens with zero attached hydrogens (tertiary/aromatic N) is 2. The smallest absolute Gasteiger partial charge is 0.257 e. The molecule has 0 radical (unpaired) electrons. The molecule has 0 atom stereocenters. The summed E-state index contributed by atoms with van der Waals surface area (Å²) in [4.78, 5) is 20.0. The maximum atomic E-state index is 13.1. The largest absolute Gasteiger partial charge is 0.431 e. The minimum absolute atomic E-state index is 0.119. The highest BCUT2D eigenvalue weighted by molar-refractivity contribution is 7.98. The number of carbonyl (C=O) groups excluding carboxylic acids is 1. The topological polar surface area (TPSA) is 67.6 Å². The van der Waals surface area contributed by atoms with E-state index in [-0.39, 0.29) is 5.91 Å². The Hall–Kier alpha value is -3.29. The van der Waals surface area contributed by atoms with E-state index < -0.39 is 0 Å². The zero-order chi connectivity index (χ0) is 22.6. The molecule has 7 heteroatoms. The van der Waals surface area contributed by atoms with Gasteiger partial charge < -0.3 is 19.4 Å². The zero-order valence-corrected chi connectivity index (χ0v) is 19.2. The van der Waals surface area contributed by atoms with Gasteiger partial charge in [-0.3, -0.25) is 4.79 Å². The molecule has 0 bridgehead atoms. The number of anilines is 2. The number of morpholine rings is 1. The van der Waals surface area contributed by atoms with Crippen molar-refractivity contribution in [3.05, 3.63) is 83.4 Å². The Balaban J connectivity index is 1.29. The third-order valence-electron chi connectivity index (χ3n) is 5.72. The maximum Gasteiger partial charge on any atom is 0.257 e. The highest BCUT2D eigenvalue weighted by Crippen LogP contribution is 2.28. The average Bonchev–Trinajstić information content (AvgIpc) is 3.28. The van der Waals surface area contributed by atoms with Crippen molar-refractivity contribution in [2.75, 3.05) is 36.5 Å². The molecule has 6 nitrogen and oxygen atoms in total. The summed E-state index contributed by atoms with van der Waals surface area (Å²) in [6, 6.07) is 21.5. The van der Waals surface area contributed by atoms with Crippen molar-refractivity contribution in [3.63, 3.8) is 0 Å². The normalized spacial score (nSPS) is 13.9. The van der Waals surface area contributed by atoms with Crippen LogP contribution in [-0.4, -0.2) is 37.2 Å². The average molecular weight is 460 g/mol. The lowest BCUT2D eigenvalue weighted by Gasteiger charge is -2.29. The summed E-state index contributed by atoms with van der Waals surface area (Å²) >= 11 is 1.48. The maximum absolute atomic E-state index is 13.1. The van der Waals surface area contributed by atoms with Gasteiger partial charge in [0.25, 0.3) is 11.1 Å². The lowest BCUT2D eigenvalue weighted by molar-refractivity contribution is 0.102. The molecule has 3 aromatic carbocycles. The monoisotopic (exact) mass is 459 g/mol. The Morgan fingerprint density at radius 2 is 1.85 bits per heavy atom. The van der Waals surface area contributed by atoms with Crippen molar-refractivity contribution in [1.29, 1.82) is 0 Å². The van der Waals surface area contributed by atoms with Gasteiger partial charge in [-0.15, -0.1) is 0 Å². The molecule has 1 aliphatic heterocycles. The molecule has 1 N–H and O–H groups in total. The zero-order valence-electron chi connectivity index (χ0n) is 18.4. The standard InChI is InChI=1S/C26H25N3O3S/c1-18-16-20(29-12-14-31-15-13-29)10-11-22(18)27-25(30)21-7-3-2-6-19(21)17-33-26-28-23-8-4-5-9-24(23)32-26/h2-11,16H,12-15,17H2,1H3,(H,27,30). The summed E-state index contributed by atoms with van der Waals surface area (Å²) in [6.45, 7) is 5.28. The molecular weight excluding hydrogens is 434 g/mol. The van der Waals surface area contributed by atoms with Crippen molar-refractivity contribution in [3.8, 4) is 0 Å². The van der Waals surface area contributed by atoms with E-state index >= 15 is 0 Å². The Morgan fingerprint density at radius 3 is 2.67 bits per heavy atom. The number of aryl methyl sites for hydroxylation is 1. The minimum Gasteiger partial charge on any atom is -0.431 e. The fraction of sp³-hybridized carbons (Fsp3) is 0.231. The first kappa shape index (κ1) is 21.6. The molecule has 4 aromatic rings. The molecule has 0 spiro atoms. The number of ether oxygens (including phenoxy) is 1. The van der Waals surface area contributed by atoms with Gasteiger partial charge in [-0.05, 0) is 54.4 Å². The van der Waals surface area contributed by atoms with Gasteiger partial charge in [0.1, 0.15) is 5.52 Å². The number of benzene rings is 3. The van der Waals surface area contributed by atoms with Gasteiger partial charge in [0.15, 0.2) is 5.58 Å². The number of hydrogen-bond donors (Lipinski definition) is 1. The lowest BCUT2D eigenvalue weighted by Crippen LogP contribution is -2.36. The second kappa shape index (κ2) is 9.68. The van der Waals surface area contributed by atoms with Gasteiger partial charge in [-0.1, -0.05) is 42.1 Å². The van der Waals surface area contributed by atoms with Crippen molar-refractivity contribution < 1.29 is 13.9 Å². The van der Waals surface area contributed by atoms with Crippen LogP contribution in [-0.2, 0) is 10.5 Å². The van der Waals surface area contributed by atoms with Gasteiger partial charge in [0.05, 0.1) is 13.2 Å². The fourth-order valence-corrected chi connectivity index (χ4v) is 4.76. The molecule has 0 aliphatic carbocycles. The Labute approximate surface area is 196 Å². The van der Waals surface area contributed by atoms with Crippen molar-refractivity contribution in [2.45, 2.75) is 17.9 Å². The van der Waals surface area contributed by atoms with Crippen molar-refractivity contribution >= 4 is 40.1 Å². The number of nitrogens with one attached hydrogen (secondary N) is 1. The summed E-state index contributed by atoms with van der Waals surface area (Å²) in [5.74, 6) is 0.469. The molecule has 2 heterocycles. The number of hydrogen-bond acceptors (Lipinski definition) is 6. The quantitative estimate of drug-likeness (QED) is 0.383. The van der Waals surface area contributed by atoms with Crippen molar-refractivity contribution in [1.82, 2.24) is 4.98 Å². The summed E-state index contributed by atoms with van der Waals surface area (Å²) in [6.07, 6.45) is 0. The lowest BCUT2D eigenvalue weighted by atomic mass is 10.1. The van der Waals surface area contributed by atoms with E-state index in [1.54, 1.807) is 0 Å². The summed E-state index contributed by atoms with van der Waals surface area (Å²) < 4.78 is 11.2. The first-order valence-corrected chi connectivity index (χ1v) is 12.0. The van der Waals surface area contributed by atoms with E-state index in [0.29, 0.717) is 16.5 Å². The third-order valence-corrected chi connectivity index (χ3v) is 6.60. The van der Waals surface area contributed by atoms with E-state index in [9.17, 15) is 4.79 Å². The summed E-state index contributed by atoms with van der Waals surface area (Å²) in [5.41, 5.74) is 6.19. The number of carbonyl (C=O) groups is 1. The molecule has 5 rings (SSSR count). The molecule has 1 fully saturated rings. The van der Waals surface area contributed by atoms with Gasteiger partial charge in [0, 0.05) is 35.8 Å². The van der Waals surface area contributed by atoms with E-state index in [1.807, 2.05) is 61.5 Å². The van der Waals surface area contributed by atoms with Crippen LogP contribution in [0.25, 0.3) is 11.1 Å². The summed E-state index contributed by atoms with van der Waals surface area (Å²) in [7, 11) is 0. The van der Waals surface area contributed by atoms with Crippen LogP contribution in [0.1, 0.15) is 21.5 Å². The highest BCUT2D eigenvalue weighted by Gasteiger charge is 2.16. The van der Waals surface area contributed by atoms with E-state index in [4.69, 9.17) is 9.15 Å². The molecular formula is C26H25N3O3S. The molecule has 33 heavy (non-hydrogen) atoms. The van der Waals surface area contributed by atoms with Crippen LogP contribution in [0, 0.1) is 6.92 Å². The van der Waals surface area contributed by atoms with Gasteiger partial charge in [-0.25, -0.2) is 4.98 Å². The number of rotatable bonds is 6. The first-order valence-electron chi connectivity index (χ1n) is 11.0. The predicted molar refractivity (Wildman–Crippen MR) is 132 cm³/mol. The van der Waals surface area contributed by atoms with Crippen molar-refractivity contribution in [2.24, 2.45) is 0 Å². The molecule has 1 aliphatic rings. The minimum atomic E-state index is -0.119. The second-order valence-electron chi connectivity index (χ2n) is 7.95. The van der Waals surface area contributed by atoms with Gasteiger partial charge >= 0.3 is 0 Å². The predicted octanol–water partition coefficient (Wildman–Crippen LogP) is 5.52. The number of oxazole rings is 1. The first-order chi connectivity index (χ1) is 16.2. The van der Waals surface area contributed by atoms with Crippen LogP contribution in [0.15, 0.2) is 76.4 Å². The Morgan fingerprint density at radius 1 is 1.06 bits per heavy atom. The van der Waals surface area contributed by atoms with E-state index in [1.165, 1.54) is 11.8 Å². The molecule has 168 valence electrons. The summed E-state index contributed by atoms with van der Waals surface area (Å²) in [5, 5.41) is 3.68. The number of aromatic nitrogens is 1. The number of fused-ring (bicyclic) bond motifs is 1. The molecule has 1 saturated heterocycles. The van der Waals surface area contributed by atoms with E-state index in [0.717, 1.165) is 59.9 Å². The molecule has 0 saturated carbocycles. The number of thioether (sulfide) groups is 1. The van der Waals surface area contributed by atoms with Crippen LogP contribution in [0.2, 0.25) is 0 Å². The second-order valence-corrected chi connectivity index (χ2v) is 8.87. The fourth-order valence-electron chi connectivity index (χ4n) is 3.92. The Bertz CT molecular complexity index is 1250. The van der Waals surface area contributed by atoms with Gasteiger partial charge in [-0.2, -0.15) is 0 Å². The van der Waals surface area contributed by atoms with Crippen LogP contribution in [0.3, 0.4) is 0 Å². The molecule has 0 unspecified atom stereocenters. The molecule has 1 aromatic heterocycles. The highest BCUT2D eigenvalue weighted by atomic mass is 32.2. The van der Waals surface area contributed by atoms with Gasteiger partial charge in [0.2, 0.25) is 0 Å².